The number of rotatable bonds is 2. The van der Waals surface area contributed by atoms with Gasteiger partial charge in [0.05, 0.1) is 0 Å². The topological polar surface area (TPSA) is 26.3 Å². The summed E-state index contributed by atoms with van der Waals surface area (Å²) < 4.78 is 4.80. The van der Waals surface area contributed by atoms with Gasteiger partial charge in [-0.2, -0.15) is 0 Å². The molecule has 8 heavy (non-hydrogen) atoms. The zero-order valence-electron chi connectivity index (χ0n) is 5.60. The second kappa shape index (κ2) is 3.66. The molecule has 48 valence electrons. The number of carbonyl (C=O) groups excluding carboxylic acids is 1. The Morgan fingerprint density at radius 3 is 2.25 bits per heavy atom. The summed E-state index contributed by atoms with van der Waals surface area (Å²) in [5, 5.41) is 0. The van der Waals surface area contributed by atoms with Gasteiger partial charge in [0.2, 0.25) is 9.76 Å². The molecule has 2 nitrogen and oxygen atoms in total. The van der Waals surface area contributed by atoms with E-state index in [2.05, 4.69) is 13.8 Å². The fourth-order valence-electron chi connectivity index (χ4n) is 0.284. The minimum Gasteiger partial charge on any atom is -0.525 e. The van der Waals surface area contributed by atoms with Crippen LogP contribution in [0.4, 0.5) is 0 Å². The van der Waals surface area contributed by atoms with E-state index in [0.717, 1.165) is 0 Å². The average molecular weight is 132 g/mol. The van der Waals surface area contributed by atoms with Gasteiger partial charge in [-0.15, -0.1) is 0 Å². The van der Waals surface area contributed by atoms with E-state index in [4.69, 9.17) is 4.43 Å². The van der Waals surface area contributed by atoms with Crippen LogP contribution in [0.5, 0.6) is 0 Å². The summed E-state index contributed by atoms with van der Waals surface area (Å²) >= 11 is 0. The van der Waals surface area contributed by atoms with E-state index in [1.807, 2.05) is 0 Å². The highest BCUT2D eigenvalue weighted by Crippen LogP contribution is 1.96. The molecule has 0 aromatic heterocycles. The molecule has 0 saturated carbocycles. The van der Waals surface area contributed by atoms with E-state index in [1.54, 1.807) is 0 Å². The molecule has 0 bridgehead atoms. The van der Waals surface area contributed by atoms with Gasteiger partial charge >= 0.3 is 0 Å². The van der Waals surface area contributed by atoms with Gasteiger partial charge in [-0.05, 0) is 5.54 Å². The summed E-state index contributed by atoms with van der Waals surface area (Å²) in [5.41, 5.74) is 0.582. The van der Waals surface area contributed by atoms with E-state index >= 15 is 0 Å². The molecule has 0 spiro atoms. The molecule has 0 aliphatic rings. The molecule has 0 aromatic rings. The molecule has 0 radical (unpaired) electrons. The third-order valence-corrected chi connectivity index (χ3v) is 1.86. The highest BCUT2D eigenvalue weighted by atomic mass is 28.2. The maximum absolute atomic E-state index is 10.2. The third kappa shape index (κ3) is 5.69. The van der Waals surface area contributed by atoms with Gasteiger partial charge in [0, 0.05) is 6.92 Å². The summed E-state index contributed by atoms with van der Waals surface area (Å²) in [7, 11) is -0.551. The number of hydrogen-bond donors (Lipinski definition) is 0. The lowest BCUT2D eigenvalue weighted by Crippen LogP contribution is -2.06. The van der Waals surface area contributed by atoms with Crippen molar-refractivity contribution < 1.29 is 9.22 Å². The second-order valence-electron chi connectivity index (χ2n) is 2.20. The fourth-order valence-corrected chi connectivity index (χ4v) is 0.852. The Kier molecular flexibility index (Phi) is 3.52. The molecule has 0 saturated heterocycles. The van der Waals surface area contributed by atoms with Crippen molar-refractivity contribution in [3.05, 3.63) is 0 Å². The van der Waals surface area contributed by atoms with Crippen LogP contribution >= 0.6 is 0 Å². The van der Waals surface area contributed by atoms with Gasteiger partial charge in [0.25, 0.3) is 5.97 Å². The van der Waals surface area contributed by atoms with Crippen molar-refractivity contribution in [1.29, 1.82) is 0 Å². The molecule has 0 atom stereocenters. The monoisotopic (exact) mass is 132 g/mol. The molecule has 0 fully saturated rings. The van der Waals surface area contributed by atoms with Crippen LogP contribution in [0.25, 0.3) is 0 Å². The van der Waals surface area contributed by atoms with Crippen molar-refractivity contribution >= 4 is 15.7 Å². The predicted molar refractivity (Wildman–Crippen MR) is 35.4 cm³/mol. The Hall–Kier alpha value is -0.313. The van der Waals surface area contributed by atoms with Gasteiger partial charge in [-0.3, -0.25) is 4.79 Å². The van der Waals surface area contributed by atoms with Crippen molar-refractivity contribution in [2.24, 2.45) is 0 Å². The molecule has 0 aromatic carbocycles. The van der Waals surface area contributed by atoms with E-state index in [0.29, 0.717) is 5.54 Å². The van der Waals surface area contributed by atoms with E-state index in [-0.39, 0.29) is 5.97 Å². The molecule has 0 aliphatic heterocycles. The Bertz CT molecular complexity index is 80.5. The van der Waals surface area contributed by atoms with Crippen LogP contribution in [0.2, 0.25) is 5.54 Å². The van der Waals surface area contributed by atoms with Crippen molar-refractivity contribution in [2.45, 2.75) is 26.3 Å². The van der Waals surface area contributed by atoms with E-state index < -0.39 is 9.76 Å². The SMILES string of the molecule is CC(=O)O[SiH2]C(C)C. The smallest absolute Gasteiger partial charge is 0.288 e. The van der Waals surface area contributed by atoms with Gasteiger partial charge < -0.3 is 4.43 Å². The van der Waals surface area contributed by atoms with Crippen LogP contribution in [0.3, 0.4) is 0 Å². The lowest BCUT2D eigenvalue weighted by molar-refractivity contribution is -0.131. The van der Waals surface area contributed by atoms with Crippen LogP contribution in [0.15, 0.2) is 0 Å². The first-order valence-corrected chi connectivity index (χ1v) is 4.15. The predicted octanol–water partition coefficient (Wildman–Crippen LogP) is 0.462. The van der Waals surface area contributed by atoms with Crippen LogP contribution < -0.4 is 0 Å². The van der Waals surface area contributed by atoms with Crippen molar-refractivity contribution in [3.8, 4) is 0 Å². The highest BCUT2D eigenvalue weighted by Gasteiger charge is 1.96. The maximum Gasteiger partial charge on any atom is 0.288 e. The Balaban J connectivity index is 3.05. The first kappa shape index (κ1) is 7.69. The maximum atomic E-state index is 10.2. The van der Waals surface area contributed by atoms with E-state index in [9.17, 15) is 4.79 Å². The minimum atomic E-state index is -0.551. The summed E-state index contributed by atoms with van der Waals surface area (Å²) in [6, 6.07) is 0. The molecular formula is C5H12O2Si. The zero-order valence-corrected chi connectivity index (χ0v) is 7.02. The molecule has 0 aliphatic carbocycles. The first-order valence-electron chi connectivity index (χ1n) is 2.76. The quantitative estimate of drug-likeness (QED) is 0.510. The van der Waals surface area contributed by atoms with Crippen molar-refractivity contribution in [2.75, 3.05) is 0 Å². The van der Waals surface area contributed by atoms with Crippen LogP contribution in [-0.4, -0.2) is 15.7 Å². The van der Waals surface area contributed by atoms with Gasteiger partial charge in [0.1, 0.15) is 0 Å². The molecule has 0 unspecified atom stereocenters. The van der Waals surface area contributed by atoms with Gasteiger partial charge in [-0.25, -0.2) is 0 Å². The lowest BCUT2D eigenvalue weighted by atomic mass is 10.6. The lowest BCUT2D eigenvalue weighted by Gasteiger charge is -2.01. The zero-order chi connectivity index (χ0) is 6.57. The van der Waals surface area contributed by atoms with Crippen molar-refractivity contribution in [3.63, 3.8) is 0 Å². The van der Waals surface area contributed by atoms with Crippen LogP contribution in [-0.2, 0) is 9.22 Å². The van der Waals surface area contributed by atoms with Crippen molar-refractivity contribution in [1.82, 2.24) is 0 Å². The third-order valence-electron chi connectivity index (χ3n) is 0.620. The van der Waals surface area contributed by atoms with Gasteiger partial charge in [-0.1, -0.05) is 13.8 Å². The fraction of sp³-hybridized carbons (Fsp3) is 0.800. The second-order valence-corrected chi connectivity index (χ2v) is 4.45. The normalized spacial score (nSPS) is 11.0. The summed E-state index contributed by atoms with van der Waals surface area (Å²) in [6.45, 7) is 5.58. The molecular weight excluding hydrogens is 120 g/mol. The summed E-state index contributed by atoms with van der Waals surface area (Å²) in [4.78, 5) is 10.2. The Morgan fingerprint density at radius 2 is 2.12 bits per heavy atom. The molecule has 3 heteroatoms. The Labute approximate surface area is 52.2 Å². The highest BCUT2D eigenvalue weighted by molar-refractivity contribution is 6.32. The van der Waals surface area contributed by atoms with Crippen LogP contribution in [0.1, 0.15) is 20.8 Å². The summed E-state index contributed by atoms with van der Waals surface area (Å²) in [6.07, 6.45) is 0. The molecule has 0 rings (SSSR count). The molecule has 0 amide bonds. The van der Waals surface area contributed by atoms with Crippen LogP contribution in [0, 0.1) is 0 Å². The Morgan fingerprint density at radius 1 is 1.62 bits per heavy atom. The standard InChI is InChI=1S/C5H12O2Si/c1-4(2)8-7-5(3)6/h4H,8H2,1-3H3. The summed E-state index contributed by atoms with van der Waals surface area (Å²) in [5.74, 6) is -0.134. The number of hydrogen-bond acceptors (Lipinski definition) is 2. The number of carbonyl (C=O) groups is 1. The van der Waals surface area contributed by atoms with Gasteiger partial charge in [0.15, 0.2) is 0 Å². The first-order chi connectivity index (χ1) is 3.63. The molecule has 0 heterocycles. The average Bonchev–Trinajstić information content (AvgIpc) is 1.61. The largest absolute Gasteiger partial charge is 0.525 e. The van der Waals surface area contributed by atoms with E-state index in [1.165, 1.54) is 6.92 Å². The molecule has 0 N–H and O–H groups in total. The minimum absolute atomic E-state index is 0.134.